The number of halogens is 2. The van der Waals surface area contributed by atoms with Crippen molar-refractivity contribution in [2.75, 3.05) is 69.7 Å². The Bertz CT molecular complexity index is 1350. The van der Waals surface area contributed by atoms with E-state index in [4.69, 9.17) is 4.74 Å². The Labute approximate surface area is 227 Å². The minimum absolute atomic E-state index is 0.173. The third kappa shape index (κ3) is 6.21. The van der Waals surface area contributed by atoms with Gasteiger partial charge in [0.15, 0.2) is 0 Å². The number of ether oxygens (including phenoxy) is 1. The van der Waals surface area contributed by atoms with Crippen LogP contribution in [0.3, 0.4) is 0 Å². The summed E-state index contributed by atoms with van der Waals surface area (Å²) in [6.07, 6.45) is 0. The van der Waals surface area contributed by atoms with Crippen LogP contribution in [-0.4, -0.2) is 80.3 Å². The lowest BCUT2D eigenvalue weighted by Crippen LogP contribution is -2.44. The number of amides is 1. The average Bonchev–Trinajstić information content (AvgIpc) is 2.93. The van der Waals surface area contributed by atoms with Gasteiger partial charge >= 0.3 is 0 Å². The Morgan fingerprint density at radius 2 is 1.72 bits per heavy atom. The number of benzene rings is 3. The number of aryl methyl sites for hydroxylation is 1. The van der Waals surface area contributed by atoms with Gasteiger partial charge in [0.25, 0.3) is 5.91 Å². The van der Waals surface area contributed by atoms with Crippen molar-refractivity contribution in [2.45, 2.75) is 13.5 Å². The molecule has 7 nitrogen and oxygen atoms in total. The molecule has 1 amide bonds. The van der Waals surface area contributed by atoms with Gasteiger partial charge in [-0.25, -0.2) is 8.78 Å². The zero-order chi connectivity index (χ0) is 27.5. The molecule has 0 radical (unpaired) electrons. The first-order valence-corrected chi connectivity index (χ1v) is 13.3. The van der Waals surface area contributed by atoms with Crippen LogP contribution in [-0.2, 0) is 11.3 Å². The van der Waals surface area contributed by atoms with Crippen molar-refractivity contribution >= 4 is 17.3 Å². The molecule has 0 aliphatic carbocycles. The first-order valence-electron chi connectivity index (χ1n) is 13.3. The van der Waals surface area contributed by atoms with Gasteiger partial charge in [-0.2, -0.15) is 0 Å². The maximum atomic E-state index is 15.1. The largest absolute Gasteiger partial charge is 0.508 e. The smallest absolute Gasteiger partial charge is 0.258 e. The number of phenolic OH excluding ortho intramolecular Hbond substituents is 1. The fraction of sp³-hybridized carbons (Fsp3) is 0.367. The Kier molecular flexibility index (Phi) is 8.11. The number of morpholine rings is 1. The molecule has 0 atom stereocenters. The highest BCUT2D eigenvalue weighted by atomic mass is 19.1. The van der Waals surface area contributed by atoms with E-state index in [1.54, 1.807) is 12.1 Å². The Morgan fingerprint density at radius 3 is 2.46 bits per heavy atom. The summed E-state index contributed by atoms with van der Waals surface area (Å²) in [5.41, 5.74) is 3.19. The lowest BCUT2D eigenvalue weighted by molar-refractivity contribution is 0.0342. The first kappa shape index (κ1) is 27.1. The van der Waals surface area contributed by atoms with Gasteiger partial charge in [0.2, 0.25) is 0 Å². The molecule has 2 saturated heterocycles. The van der Waals surface area contributed by atoms with Crippen LogP contribution in [0.5, 0.6) is 5.75 Å². The van der Waals surface area contributed by atoms with Crippen LogP contribution in [0.2, 0.25) is 0 Å². The number of likely N-dealkylation sites (N-methyl/N-ethyl adjacent to an activating group) is 1. The molecule has 2 aliphatic heterocycles. The summed E-state index contributed by atoms with van der Waals surface area (Å²) in [5, 5.41) is 12.8. The normalized spacial score (nSPS) is 16.9. The SMILES string of the molecule is Cc1cc(O)cc(C(=O)Nc2cc(-c3cc(CN4CCOCC4)ccc3F)ccc2N2CCN(C)CC2)c1F. The van der Waals surface area contributed by atoms with Crippen molar-refractivity contribution in [3.8, 4) is 16.9 Å². The van der Waals surface area contributed by atoms with Gasteiger partial charge in [-0.1, -0.05) is 12.1 Å². The fourth-order valence-corrected chi connectivity index (χ4v) is 5.14. The summed E-state index contributed by atoms with van der Waals surface area (Å²) in [4.78, 5) is 19.9. The second kappa shape index (κ2) is 11.7. The Hall–Kier alpha value is -3.53. The average molecular weight is 537 g/mol. The standard InChI is InChI=1S/C30H34F2N4O3/c1-20-15-23(37)18-25(29(20)32)30(38)33-27-17-22(4-6-28(27)36-9-7-34(2)8-10-36)24-16-21(3-5-26(24)31)19-35-11-13-39-14-12-35/h3-6,15-18,37H,7-14,19H2,1-2H3,(H,33,38). The lowest BCUT2D eigenvalue weighted by atomic mass is 10.00. The van der Waals surface area contributed by atoms with Gasteiger partial charge in [0.05, 0.1) is 30.2 Å². The first-order chi connectivity index (χ1) is 18.8. The minimum Gasteiger partial charge on any atom is -0.508 e. The van der Waals surface area contributed by atoms with Gasteiger partial charge < -0.3 is 25.0 Å². The molecule has 5 rings (SSSR count). The molecular formula is C30H34F2N4O3. The van der Waals surface area contributed by atoms with Crippen LogP contribution in [0.15, 0.2) is 48.5 Å². The molecule has 2 fully saturated rings. The fourth-order valence-electron chi connectivity index (χ4n) is 5.14. The molecule has 9 heteroatoms. The summed E-state index contributed by atoms with van der Waals surface area (Å²) in [6, 6.07) is 13.0. The van der Waals surface area contributed by atoms with E-state index in [0.717, 1.165) is 56.6 Å². The van der Waals surface area contributed by atoms with Crippen LogP contribution in [0.1, 0.15) is 21.5 Å². The second-order valence-electron chi connectivity index (χ2n) is 10.3. The van der Waals surface area contributed by atoms with Crippen LogP contribution in [0.25, 0.3) is 11.1 Å². The van der Waals surface area contributed by atoms with Gasteiger partial charge in [-0.3, -0.25) is 9.69 Å². The lowest BCUT2D eigenvalue weighted by Gasteiger charge is -2.35. The van der Waals surface area contributed by atoms with E-state index in [9.17, 15) is 14.3 Å². The molecule has 0 unspecified atom stereocenters. The van der Waals surface area contributed by atoms with Crippen molar-refractivity contribution in [1.29, 1.82) is 0 Å². The predicted octanol–water partition coefficient (Wildman–Crippen LogP) is 4.48. The quantitative estimate of drug-likeness (QED) is 0.484. The van der Waals surface area contributed by atoms with Crippen molar-refractivity contribution in [3.05, 3.63) is 76.9 Å². The molecule has 3 aromatic rings. The highest BCUT2D eigenvalue weighted by Crippen LogP contribution is 2.35. The zero-order valence-corrected chi connectivity index (χ0v) is 22.3. The van der Waals surface area contributed by atoms with Gasteiger partial charge in [-0.05, 0) is 67.1 Å². The molecule has 0 bridgehead atoms. The van der Waals surface area contributed by atoms with Crippen LogP contribution < -0.4 is 10.2 Å². The van der Waals surface area contributed by atoms with Gasteiger partial charge in [-0.15, -0.1) is 0 Å². The molecule has 2 N–H and O–H groups in total. The van der Waals surface area contributed by atoms with Crippen LogP contribution >= 0.6 is 0 Å². The molecule has 0 saturated carbocycles. The van der Waals surface area contributed by atoms with E-state index in [-0.39, 0.29) is 22.7 Å². The van der Waals surface area contributed by atoms with E-state index in [1.807, 2.05) is 18.2 Å². The molecule has 0 aromatic heterocycles. The molecule has 39 heavy (non-hydrogen) atoms. The van der Waals surface area contributed by atoms with Crippen molar-refractivity contribution in [2.24, 2.45) is 0 Å². The number of hydrogen-bond donors (Lipinski definition) is 2. The molecule has 206 valence electrons. The van der Waals surface area contributed by atoms with Gasteiger partial charge in [0, 0.05) is 51.4 Å². The number of carbonyl (C=O) groups is 1. The van der Waals surface area contributed by atoms with E-state index in [2.05, 4.69) is 27.1 Å². The van der Waals surface area contributed by atoms with Crippen molar-refractivity contribution in [3.63, 3.8) is 0 Å². The summed E-state index contributed by atoms with van der Waals surface area (Å²) in [7, 11) is 2.06. The molecule has 3 aromatic carbocycles. The summed E-state index contributed by atoms with van der Waals surface area (Å²) in [6.45, 7) is 8.42. The molecule has 2 heterocycles. The Morgan fingerprint density at radius 1 is 0.974 bits per heavy atom. The number of phenols is 1. The summed E-state index contributed by atoms with van der Waals surface area (Å²) >= 11 is 0. The minimum atomic E-state index is -0.690. The zero-order valence-electron chi connectivity index (χ0n) is 22.3. The Balaban J connectivity index is 1.49. The number of aromatic hydroxyl groups is 1. The van der Waals surface area contributed by atoms with E-state index in [0.29, 0.717) is 36.6 Å². The second-order valence-corrected chi connectivity index (χ2v) is 10.3. The van der Waals surface area contributed by atoms with Crippen LogP contribution in [0, 0.1) is 18.6 Å². The topological polar surface area (TPSA) is 68.3 Å². The number of nitrogens with one attached hydrogen (secondary N) is 1. The third-order valence-corrected chi connectivity index (χ3v) is 7.42. The van der Waals surface area contributed by atoms with Gasteiger partial charge in [0.1, 0.15) is 17.4 Å². The van der Waals surface area contributed by atoms with Crippen LogP contribution in [0.4, 0.5) is 20.2 Å². The molecular weight excluding hydrogens is 502 g/mol. The maximum Gasteiger partial charge on any atom is 0.258 e. The predicted molar refractivity (Wildman–Crippen MR) is 148 cm³/mol. The van der Waals surface area contributed by atoms with E-state index < -0.39 is 11.7 Å². The number of carbonyl (C=O) groups excluding carboxylic acids is 1. The summed E-state index contributed by atoms with van der Waals surface area (Å²) in [5.74, 6) is -1.92. The van der Waals surface area contributed by atoms with Crippen molar-refractivity contribution in [1.82, 2.24) is 9.80 Å². The third-order valence-electron chi connectivity index (χ3n) is 7.42. The number of hydrogen-bond acceptors (Lipinski definition) is 6. The molecule has 0 spiro atoms. The number of anilines is 2. The maximum absolute atomic E-state index is 15.1. The number of rotatable bonds is 6. The van der Waals surface area contributed by atoms with E-state index >= 15 is 4.39 Å². The highest BCUT2D eigenvalue weighted by molar-refractivity contribution is 6.07. The molecule has 2 aliphatic rings. The van der Waals surface area contributed by atoms with Crippen molar-refractivity contribution < 1.29 is 23.4 Å². The number of nitrogens with zero attached hydrogens (tertiary/aromatic N) is 3. The summed E-state index contributed by atoms with van der Waals surface area (Å²) < 4.78 is 35.4. The number of piperazine rings is 1. The highest BCUT2D eigenvalue weighted by Gasteiger charge is 2.22. The monoisotopic (exact) mass is 536 g/mol. The van der Waals surface area contributed by atoms with E-state index in [1.165, 1.54) is 19.1 Å².